The van der Waals surface area contributed by atoms with Crippen LogP contribution < -0.4 is 10.6 Å². The van der Waals surface area contributed by atoms with Crippen LogP contribution in [0.3, 0.4) is 0 Å². The second-order valence-electron chi connectivity index (χ2n) is 12.4. The number of ether oxygens (including phenoxy) is 1. The molecule has 0 unspecified atom stereocenters. The molecule has 0 spiro atoms. The van der Waals surface area contributed by atoms with Gasteiger partial charge < -0.3 is 33.9 Å². The molecule has 45 heavy (non-hydrogen) atoms. The number of anilines is 1. The normalized spacial score (nSPS) is 24.4. The average Bonchev–Trinajstić information content (AvgIpc) is 3.79. The summed E-state index contributed by atoms with van der Waals surface area (Å²) in [5, 5.41) is 10.4. The van der Waals surface area contributed by atoms with Crippen molar-refractivity contribution in [1.82, 2.24) is 29.5 Å². The van der Waals surface area contributed by atoms with Crippen LogP contribution in [0.25, 0.3) is 22.4 Å². The lowest BCUT2D eigenvalue weighted by Gasteiger charge is -2.33. The van der Waals surface area contributed by atoms with E-state index in [2.05, 4.69) is 27.7 Å². The monoisotopic (exact) mass is 631 g/mol. The number of likely N-dealkylation sites (tertiary alicyclic amines) is 1. The summed E-state index contributed by atoms with van der Waals surface area (Å²) in [6.45, 7) is 1.67. The number of carbonyl (C=O) groups excluding carboxylic acids is 1. The fourth-order valence-electron chi connectivity index (χ4n) is 6.44. The lowest BCUT2D eigenvalue weighted by molar-refractivity contribution is -0.139. The molecule has 1 saturated carbocycles. The van der Waals surface area contributed by atoms with E-state index < -0.39 is 24.9 Å². The fraction of sp³-hybridized carbons (Fsp3) is 0.516. The summed E-state index contributed by atoms with van der Waals surface area (Å²) in [6, 6.07) is 7.98. The van der Waals surface area contributed by atoms with Gasteiger partial charge in [0.2, 0.25) is 11.7 Å². The van der Waals surface area contributed by atoms with Crippen molar-refractivity contribution in [3.05, 3.63) is 54.2 Å². The van der Waals surface area contributed by atoms with Gasteiger partial charge in [0, 0.05) is 49.7 Å². The minimum atomic E-state index is -4.53. The fourth-order valence-corrected chi connectivity index (χ4v) is 6.44. The van der Waals surface area contributed by atoms with Gasteiger partial charge in [0.25, 0.3) is 5.91 Å². The van der Waals surface area contributed by atoms with Gasteiger partial charge in [0.1, 0.15) is 12.7 Å². The number of hydrogen-bond donors (Lipinski definition) is 2. The maximum absolute atomic E-state index is 14.8. The number of nitrogens with one attached hydrogen (secondary N) is 2. The number of methoxy groups -OCH3 is 1. The lowest BCUT2D eigenvalue weighted by atomic mass is 10.0. The van der Waals surface area contributed by atoms with Gasteiger partial charge in [0.15, 0.2) is 0 Å². The van der Waals surface area contributed by atoms with Crippen molar-refractivity contribution in [3.8, 4) is 11.5 Å². The van der Waals surface area contributed by atoms with Crippen LogP contribution >= 0.6 is 0 Å². The highest BCUT2D eigenvalue weighted by Crippen LogP contribution is 2.40. The largest absolute Gasteiger partial charge is 0.406 e. The van der Waals surface area contributed by atoms with E-state index in [1.165, 1.54) is 0 Å². The molecule has 2 N–H and O–H groups in total. The Morgan fingerprint density at radius 3 is 2.80 bits per heavy atom. The highest BCUT2D eigenvalue weighted by Gasteiger charge is 2.36. The van der Waals surface area contributed by atoms with E-state index >= 15 is 0 Å². The van der Waals surface area contributed by atoms with Crippen LogP contribution in [0.4, 0.5) is 23.2 Å². The Morgan fingerprint density at radius 2 is 2.07 bits per heavy atom. The molecule has 4 aromatic rings. The number of benzene rings is 1. The molecule has 6 rings (SSSR count). The summed E-state index contributed by atoms with van der Waals surface area (Å²) in [6.07, 6.45) is 1.29. The molecular weight excluding hydrogens is 594 g/mol. The van der Waals surface area contributed by atoms with Crippen LogP contribution in [0.1, 0.15) is 54.9 Å². The molecule has 0 radical (unpaired) electrons. The molecule has 1 aromatic carbocycles. The van der Waals surface area contributed by atoms with E-state index in [9.17, 15) is 22.4 Å². The van der Waals surface area contributed by atoms with Crippen LogP contribution in [0.2, 0.25) is 0 Å². The third-order valence-corrected chi connectivity index (χ3v) is 9.03. The molecule has 1 aliphatic carbocycles. The second-order valence-corrected chi connectivity index (χ2v) is 12.4. The number of aromatic nitrogens is 4. The van der Waals surface area contributed by atoms with Gasteiger partial charge in [-0.3, -0.25) is 4.79 Å². The smallest absolute Gasteiger partial charge is 0.379 e. The Hall–Kier alpha value is -3.91. The van der Waals surface area contributed by atoms with Gasteiger partial charge >= 0.3 is 6.18 Å². The third kappa shape index (κ3) is 6.71. The summed E-state index contributed by atoms with van der Waals surface area (Å²) in [5.74, 6) is -0.358. The van der Waals surface area contributed by atoms with Crippen LogP contribution in [-0.2, 0) is 17.8 Å². The lowest BCUT2D eigenvalue weighted by Crippen LogP contribution is -2.46. The Balaban J connectivity index is 1.19. The van der Waals surface area contributed by atoms with Gasteiger partial charge in [-0.2, -0.15) is 18.2 Å². The standard InChI is InChI=1S/C31H37F4N7O3/c1-30(44-3)10-7-20(14-30)41-12-8-19(16-41)29(43)36-15-27-38-28(39-45-27)26-13-21-23(37-24-9-11-40(2)17-22(24)32)5-4-6-25(21)42(26)18-31(33,34)35/h4-6,8,12-13,16,20,22,24,37H,7,9-11,14-15,17-18H2,1-3H3,(H,36,43)/t20-,22-,24+,30+/m0/s1. The van der Waals surface area contributed by atoms with Crippen LogP contribution in [0, 0.1) is 0 Å². The van der Waals surface area contributed by atoms with Gasteiger partial charge in [-0.25, -0.2) is 4.39 Å². The first-order valence-electron chi connectivity index (χ1n) is 15.0. The SMILES string of the molecule is CO[C@]1(C)CC[C@H](n2ccc(C(=O)NCc3nc(-c4cc5c(N[C@@H]6CCN(C)C[C@@H]6F)cccc5n4CC(F)(F)F)no3)c2)C1. The molecule has 10 nitrogen and oxygen atoms in total. The van der Waals surface area contributed by atoms with E-state index in [1.54, 1.807) is 43.6 Å². The predicted molar refractivity (Wildman–Crippen MR) is 160 cm³/mol. The van der Waals surface area contributed by atoms with Gasteiger partial charge in [0.05, 0.1) is 35.0 Å². The first kappa shape index (κ1) is 31.1. The zero-order chi connectivity index (χ0) is 31.9. The van der Waals surface area contributed by atoms with Gasteiger partial charge in [-0.1, -0.05) is 11.2 Å². The Labute approximate surface area is 257 Å². The Kier molecular flexibility index (Phi) is 8.37. The number of hydrogen-bond acceptors (Lipinski definition) is 7. The van der Waals surface area contributed by atoms with Gasteiger partial charge in [-0.05, 0) is 63.9 Å². The molecule has 242 valence electrons. The zero-order valence-electron chi connectivity index (χ0n) is 25.4. The first-order valence-corrected chi connectivity index (χ1v) is 15.0. The number of piperidine rings is 1. The maximum Gasteiger partial charge on any atom is 0.406 e. The summed E-state index contributed by atoms with van der Waals surface area (Å²) in [5.41, 5.74) is 1.20. The average molecular weight is 632 g/mol. The van der Waals surface area contributed by atoms with Crippen molar-refractivity contribution in [1.29, 1.82) is 0 Å². The second kappa shape index (κ2) is 12.1. The van der Waals surface area contributed by atoms with Crippen molar-refractivity contribution in [3.63, 3.8) is 0 Å². The van der Waals surface area contributed by atoms with Crippen LogP contribution in [-0.4, -0.2) is 81.3 Å². The molecule has 0 bridgehead atoms. The Bertz CT molecular complexity index is 1660. The quantitative estimate of drug-likeness (QED) is 0.233. The Morgan fingerprint density at radius 1 is 1.24 bits per heavy atom. The van der Waals surface area contributed by atoms with E-state index in [4.69, 9.17) is 9.26 Å². The number of rotatable bonds is 9. The van der Waals surface area contributed by atoms with Crippen molar-refractivity contribution >= 4 is 22.5 Å². The zero-order valence-corrected chi connectivity index (χ0v) is 25.4. The minimum absolute atomic E-state index is 0.0400. The molecule has 4 atom stereocenters. The van der Waals surface area contributed by atoms with Crippen LogP contribution in [0.15, 0.2) is 47.2 Å². The highest BCUT2D eigenvalue weighted by atomic mass is 19.4. The molecular formula is C31H37F4N7O3. The molecule has 2 aliphatic rings. The molecule has 14 heteroatoms. The number of carbonyl (C=O) groups is 1. The minimum Gasteiger partial charge on any atom is -0.379 e. The first-order chi connectivity index (χ1) is 21.4. The van der Waals surface area contributed by atoms with Crippen LogP contribution in [0.5, 0.6) is 0 Å². The topological polar surface area (TPSA) is 102 Å². The van der Waals surface area contributed by atoms with E-state index in [-0.39, 0.29) is 48.0 Å². The number of nitrogens with zero attached hydrogens (tertiary/aromatic N) is 5. The molecule has 1 amide bonds. The number of fused-ring (bicyclic) bond motifs is 1. The molecule has 3 aromatic heterocycles. The number of amides is 1. The predicted octanol–water partition coefficient (Wildman–Crippen LogP) is 5.57. The summed E-state index contributed by atoms with van der Waals surface area (Å²) in [4.78, 5) is 19.1. The number of alkyl halides is 4. The van der Waals surface area contributed by atoms with E-state index in [0.29, 0.717) is 35.1 Å². The van der Waals surface area contributed by atoms with E-state index in [0.717, 1.165) is 23.8 Å². The van der Waals surface area contributed by atoms with Crippen molar-refractivity contribution < 1.29 is 31.6 Å². The molecule has 1 saturated heterocycles. The summed E-state index contributed by atoms with van der Waals surface area (Å²) < 4.78 is 70.0. The number of halogens is 4. The summed E-state index contributed by atoms with van der Waals surface area (Å²) >= 11 is 0. The van der Waals surface area contributed by atoms with Gasteiger partial charge in [-0.15, -0.1) is 0 Å². The molecule has 4 heterocycles. The molecule has 2 fully saturated rings. The van der Waals surface area contributed by atoms with Crippen molar-refractivity contribution in [2.75, 3.05) is 32.6 Å². The van der Waals surface area contributed by atoms with Crippen molar-refractivity contribution in [2.24, 2.45) is 0 Å². The van der Waals surface area contributed by atoms with E-state index in [1.807, 2.05) is 22.7 Å². The summed E-state index contributed by atoms with van der Waals surface area (Å²) in [7, 11) is 3.56. The molecule has 1 aliphatic heterocycles. The third-order valence-electron chi connectivity index (χ3n) is 9.03. The maximum atomic E-state index is 14.8. The van der Waals surface area contributed by atoms with Crippen molar-refractivity contribution in [2.45, 2.75) is 75.7 Å². The highest BCUT2D eigenvalue weighted by molar-refractivity contribution is 5.96.